The third-order valence-electron chi connectivity index (χ3n) is 3.72. The van der Waals surface area contributed by atoms with Gasteiger partial charge in [0.05, 0.1) is 6.54 Å². The number of piperazine rings is 1. The molecule has 0 unspecified atom stereocenters. The lowest BCUT2D eigenvalue weighted by atomic mass is 10.1. The molecule has 8 nitrogen and oxygen atoms in total. The number of benzene rings is 1. The van der Waals surface area contributed by atoms with E-state index in [2.05, 4.69) is 34.3 Å². The molecule has 1 aromatic rings. The Hall–Kier alpha value is -2.45. The smallest absolute Gasteiger partial charge is 0.414 e. The zero-order valence-corrected chi connectivity index (χ0v) is 14.4. The number of amides is 1. The van der Waals surface area contributed by atoms with Crippen molar-refractivity contribution < 1.29 is 24.6 Å². The largest absolute Gasteiger partial charge is 0.473 e. The highest BCUT2D eigenvalue weighted by atomic mass is 16.4. The van der Waals surface area contributed by atoms with Gasteiger partial charge < -0.3 is 20.4 Å². The fourth-order valence-electron chi connectivity index (χ4n) is 2.26. The Kier molecular flexibility index (Phi) is 9.20. The second-order valence-corrected chi connectivity index (χ2v) is 5.78. The predicted octanol–water partition coefficient (Wildman–Crippen LogP) is -0.252. The van der Waals surface area contributed by atoms with Crippen LogP contribution in [0.2, 0.25) is 0 Å². The van der Waals surface area contributed by atoms with Crippen molar-refractivity contribution in [3.8, 4) is 0 Å². The molecule has 138 valence electrons. The van der Waals surface area contributed by atoms with Crippen molar-refractivity contribution in [2.24, 2.45) is 0 Å². The number of rotatable bonds is 5. The first-order chi connectivity index (χ1) is 11.9. The van der Waals surface area contributed by atoms with Crippen LogP contribution >= 0.6 is 0 Å². The Labute approximate surface area is 147 Å². The van der Waals surface area contributed by atoms with E-state index in [1.54, 1.807) is 0 Å². The lowest BCUT2D eigenvalue weighted by Gasteiger charge is -2.31. The van der Waals surface area contributed by atoms with Crippen LogP contribution in [0.5, 0.6) is 0 Å². The molecule has 0 saturated carbocycles. The number of nitrogens with zero attached hydrogens (tertiary/aromatic N) is 2. The van der Waals surface area contributed by atoms with Gasteiger partial charge in [0.15, 0.2) is 0 Å². The first-order valence-electron chi connectivity index (χ1n) is 8.06. The van der Waals surface area contributed by atoms with Crippen LogP contribution in [0, 0.1) is 0 Å². The van der Waals surface area contributed by atoms with Crippen LogP contribution in [-0.4, -0.2) is 84.2 Å². The highest BCUT2D eigenvalue weighted by Gasteiger charge is 2.15. The summed E-state index contributed by atoms with van der Waals surface area (Å²) < 4.78 is 0. The number of carbonyl (C=O) groups excluding carboxylic acids is 1. The normalized spacial score (nSPS) is 14.9. The molecule has 2 rings (SSSR count). The molecule has 1 saturated heterocycles. The van der Waals surface area contributed by atoms with E-state index in [1.807, 2.05) is 18.2 Å². The third kappa shape index (κ3) is 9.43. The molecule has 3 N–H and O–H groups in total. The number of likely N-dealkylation sites (N-methyl/N-ethyl adjacent to an activating group) is 1. The molecule has 0 atom stereocenters. The number of nitrogens with one attached hydrogen (secondary N) is 1. The minimum Gasteiger partial charge on any atom is -0.473 e. The minimum absolute atomic E-state index is 0.139. The highest BCUT2D eigenvalue weighted by molar-refractivity contribution is 6.27. The van der Waals surface area contributed by atoms with Crippen LogP contribution in [0.4, 0.5) is 0 Å². The van der Waals surface area contributed by atoms with Gasteiger partial charge in [-0.15, -0.1) is 0 Å². The average Bonchev–Trinajstić information content (AvgIpc) is 2.58. The number of hydrogen-bond donors (Lipinski definition) is 3. The average molecular weight is 351 g/mol. The molecule has 1 amide bonds. The number of carbonyl (C=O) groups is 3. The Morgan fingerprint density at radius 3 is 2.08 bits per heavy atom. The van der Waals surface area contributed by atoms with Gasteiger partial charge in [-0.25, -0.2) is 9.59 Å². The number of carboxylic acids is 2. The summed E-state index contributed by atoms with van der Waals surface area (Å²) in [4.78, 5) is 34.5. The molecule has 1 aliphatic heterocycles. The summed E-state index contributed by atoms with van der Waals surface area (Å²) >= 11 is 0. The molecule has 1 aromatic carbocycles. The van der Waals surface area contributed by atoms with Gasteiger partial charge in [0.25, 0.3) is 0 Å². The van der Waals surface area contributed by atoms with Gasteiger partial charge in [-0.1, -0.05) is 30.3 Å². The SMILES string of the molecule is CN1CCN(CC(=O)NCCc2ccccc2)CC1.O=C(O)C(=O)O. The summed E-state index contributed by atoms with van der Waals surface area (Å²) in [6.07, 6.45) is 0.898. The van der Waals surface area contributed by atoms with Crippen molar-refractivity contribution in [1.29, 1.82) is 0 Å². The molecule has 0 aliphatic carbocycles. The van der Waals surface area contributed by atoms with Gasteiger partial charge >= 0.3 is 11.9 Å². The summed E-state index contributed by atoms with van der Waals surface area (Å²) in [6.45, 7) is 5.33. The van der Waals surface area contributed by atoms with Crippen LogP contribution in [0.15, 0.2) is 30.3 Å². The summed E-state index contributed by atoms with van der Waals surface area (Å²) in [6, 6.07) is 10.2. The summed E-state index contributed by atoms with van der Waals surface area (Å²) in [5.41, 5.74) is 1.27. The van der Waals surface area contributed by atoms with Crippen molar-refractivity contribution in [3.05, 3.63) is 35.9 Å². The molecule has 1 heterocycles. The molecule has 1 fully saturated rings. The van der Waals surface area contributed by atoms with Crippen molar-refractivity contribution in [3.63, 3.8) is 0 Å². The maximum absolute atomic E-state index is 11.8. The molecule has 8 heteroatoms. The number of aliphatic carboxylic acids is 2. The fraction of sp³-hybridized carbons (Fsp3) is 0.471. The molecule has 0 spiro atoms. The van der Waals surface area contributed by atoms with Gasteiger partial charge in [0, 0.05) is 32.7 Å². The van der Waals surface area contributed by atoms with E-state index in [0.717, 1.165) is 39.1 Å². The van der Waals surface area contributed by atoms with Gasteiger partial charge in [0.2, 0.25) is 5.91 Å². The van der Waals surface area contributed by atoms with E-state index >= 15 is 0 Å². The molecular weight excluding hydrogens is 326 g/mol. The molecule has 25 heavy (non-hydrogen) atoms. The Morgan fingerprint density at radius 2 is 1.56 bits per heavy atom. The lowest BCUT2D eigenvalue weighted by molar-refractivity contribution is -0.159. The maximum Gasteiger partial charge on any atom is 0.414 e. The Morgan fingerprint density at radius 1 is 1.00 bits per heavy atom. The van der Waals surface area contributed by atoms with Crippen LogP contribution in [-0.2, 0) is 20.8 Å². The van der Waals surface area contributed by atoms with Gasteiger partial charge in [-0.2, -0.15) is 0 Å². The van der Waals surface area contributed by atoms with Crippen molar-refractivity contribution >= 4 is 17.8 Å². The topological polar surface area (TPSA) is 110 Å². The van der Waals surface area contributed by atoms with Crippen molar-refractivity contribution in [2.75, 3.05) is 46.3 Å². The first kappa shape index (κ1) is 20.6. The van der Waals surface area contributed by atoms with Gasteiger partial charge in [-0.3, -0.25) is 9.69 Å². The van der Waals surface area contributed by atoms with E-state index in [0.29, 0.717) is 6.54 Å². The first-order valence-corrected chi connectivity index (χ1v) is 8.06. The second-order valence-electron chi connectivity index (χ2n) is 5.78. The Balaban J connectivity index is 0.000000450. The molecular formula is C17H25N3O5. The minimum atomic E-state index is -1.82. The lowest BCUT2D eigenvalue weighted by Crippen LogP contribution is -2.48. The van der Waals surface area contributed by atoms with Crippen LogP contribution in [0.1, 0.15) is 5.56 Å². The standard InChI is InChI=1S/C15H23N3O.C2H2O4/c1-17-9-11-18(12-10-17)13-15(19)16-8-7-14-5-3-2-4-6-14;3-1(4)2(5)6/h2-6H,7-13H2,1H3,(H,16,19);(H,3,4)(H,5,6). The van der Waals surface area contributed by atoms with E-state index in [9.17, 15) is 4.79 Å². The van der Waals surface area contributed by atoms with Gasteiger partial charge in [-0.05, 0) is 19.0 Å². The van der Waals surface area contributed by atoms with Gasteiger partial charge in [0.1, 0.15) is 0 Å². The highest BCUT2D eigenvalue weighted by Crippen LogP contribution is 1.99. The molecule has 0 aromatic heterocycles. The quantitative estimate of drug-likeness (QED) is 0.627. The third-order valence-corrected chi connectivity index (χ3v) is 3.72. The van der Waals surface area contributed by atoms with Crippen LogP contribution < -0.4 is 5.32 Å². The van der Waals surface area contributed by atoms with Crippen LogP contribution in [0.3, 0.4) is 0 Å². The number of hydrogen-bond acceptors (Lipinski definition) is 5. The Bertz CT molecular complexity index is 545. The van der Waals surface area contributed by atoms with E-state index in [1.165, 1.54) is 5.56 Å². The molecule has 0 bridgehead atoms. The van der Waals surface area contributed by atoms with E-state index in [-0.39, 0.29) is 5.91 Å². The van der Waals surface area contributed by atoms with Crippen molar-refractivity contribution in [1.82, 2.24) is 15.1 Å². The predicted molar refractivity (Wildman–Crippen MR) is 92.4 cm³/mol. The summed E-state index contributed by atoms with van der Waals surface area (Å²) in [7, 11) is 2.12. The second kappa shape index (κ2) is 11.2. The van der Waals surface area contributed by atoms with Crippen molar-refractivity contribution in [2.45, 2.75) is 6.42 Å². The monoisotopic (exact) mass is 351 g/mol. The zero-order chi connectivity index (χ0) is 18.7. The number of carboxylic acid groups (broad SMARTS) is 2. The molecule has 0 radical (unpaired) electrons. The zero-order valence-electron chi connectivity index (χ0n) is 14.4. The summed E-state index contributed by atoms with van der Waals surface area (Å²) in [5, 5.41) is 17.8. The maximum atomic E-state index is 11.8. The summed E-state index contributed by atoms with van der Waals surface area (Å²) in [5.74, 6) is -3.51. The van der Waals surface area contributed by atoms with E-state index < -0.39 is 11.9 Å². The molecule has 1 aliphatic rings. The van der Waals surface area contributed by atoms with Crippen LogP contribution in [0.25, 0.3) is 0 Å². The fourth-order valence-corrected chi connectivity index (χ4v) is 2.26. The van der Waals surface area contributed by atoms with E-state index in [4.69, 9.17) is 19.8 Å².